The van der Waals surface area contributed by atoms with Crippen molar-refractivity contribution in [2.75, 3.05) is 0 Å². The topological polar surface area (TPSA) is 72.5 Å². The van der Waals surface area contributed by atoms with E-state index in [0.717, 1.165) is 0 Å². The van der Waals surface area contributed by atoms with Crippen molar-refractivity contribution in [3.63, 3.8) is 0 Å². The average Bonchev–Trinajstić information content (AvgIpc) is 3.07. The van der Waals surface area contributed by atoms with Crippen molar-refractivity contribution >= 4 is 17.7 Å². The molecule has 24 heavy (non-hydrogen) atoms. The molecular weight excluding hydrogens is 306 g/mol. The smallest absolute Gasteiger partial charge is 0.329 e. The van der Waals surface area contributed by atoms with Crippen LogP contribution >= 0.6 is 0 Å². The Hall–Kier alpha value is -2.95. The Labute approximate surface area is 139 Å². The van der Waals surface area contributed by atoms with Crippen LogP contribution in [0.4, 0.5) is 0 Å². The van der Waals surface area contributed by atoms with E-state index >= 15 is 0 Å². The van der Waals surface area contributed by atoms with Gasteiger partial charge in [-0.25, -0.2) is 4.79 Å². The van der Waals surface area contributed by atoms with E-state index in [1.165, 1.54) is 0 Å². The van der Waals surface area contributed by atoms with Crippen molar-refractivity contribution < 1.29 is 19.1 Å². The molecule has 0 saturated carbocycles. The van der Waals surface area contributed by atoms with Crippen LogP contribution in [0.5, 0.6) is 0 Å². The van der Waals surface area contributed by atoms with Crippen LogP contribution in [0.3, 0.4) is 0 Å². The molecule has 1 N–H and O–H groups in total. The Morgan fingerprint density at radius 1 is 1.00 bits per heavy atom. The third kappa shape index (κ3) is 3.51. The molecule has 1 saturated heterocycles. The lowest BCUT2D eigenvalue weighted by Crippen LogP contribution is -2.36. The van der Waals surface area contributed by atoms with Crippen LogP contribution in [0.1, 0.15) is 34.9 Å². The van der Waals surface area contributed by atoms with E-state index in [1.807, 2.05) is 12.1 Å². The molecule has 5 nitrogen and oxygen atoms in total. The van der Waals surface area contributed by atoms with E-state index in [4.69, 9.17) is 4.74 Å². The number of hydrogen-bond acceptors (Lipinski definition) is 4. The summed E-state index contributed by atoms with van der Waals surface area (Å²) >= 11 is 0. The third-order valence-electron chi connectivity index (χ3n) is 3.91. The zero-order valence-electron chi connectivity index (χ0n) is 13.0. The summed E-state index contributed by atoms with van der Waals surface area (Å²) in [5.74, 6) is -1.05. The number of rotatable bonds is 5. The molecule has 122 valence electrons. The van der Waals surface area contributed by atoms with Gasteiger partial charge < -0.3 is 10.1 Å². The minimum absolute atomic E-state index is 0.178. The fourth-order valence-electron chi connectivity index (χ4n) is 2.64. The maximum atomic E-state index is 12.8. The van der Waals surface area contributed by atoms with Crippen molar-refractivity contribution in [2.45, 2.75) is 25.0 Å². The van der Waals surface area contributed by atoms with Crippen molar-refractivity contribution in [1.29, 1.82) is 0 Å². The highest BCUT2D eigenvalue weighted by Gasteiger charge is 2.33. The zero-order chi connectivity index (χ0) is 16.9. The number of hydrogen-bond donors (Lipinski definition) is 1. The number of ketones is 1. The Morgan fingerprint density at radius 3 is 2.21 bits per heavy atom. The SMILES string of the molecule is O=C1CCC(C(=O)OC(C(=O)c2ccccc2)c2ccccc2)N1. The number of amides is 1. The number of ether oxygens (including phenoxy) is 1. The molecule has 0 bridgehead atoms. The second-order valence-corrected chi connectivity index (χ2v) is 5.62. The van der Waals surface area contributed by atoms with Gasteiger partial charge in [0.15, 0.2) is 6.10 Å². The number of carbonyl (C=O) groups is 3. The van der Waals surface area contributed by atoms with Gasteiger partial charge in [0.1, 0.15) is 6.04 Å². The van der Waals surface area contributed by atoms with Gasteiger partial charge in [0.2, 0.25) is 11.7 Å². The first kappa shape index (κ1) is 15.9. The lowest BCUT2D eigenvalue weighted by Gasteiger charge is -2.19. The first-order chi connectivity index (χ1) is 11.6. The summed E-state index contributed by atoms with van der Waals surface area (Å²) < 4.78 is 5.48. The van der Waals surface area contributed by atoms with Crippen LogP contribution in [0.2, 0.25) is 0 Å². The molecule has 1 aliphatic heterocycles. The number of esters is 1. The molecule has 0 radical (unpaired) electrons. The van der Waals surface area contributed by atoms with Gasteiger partial charge in [0.25, 0.3) is 0 Å². The summed E-state index contributed by atoms with van der Waals surface area (Å²) in [6.07, 6.45) is -0.347. The van der Waals surface area contributed by atoms with Crippen molar-refractivity contribution in [3.8, 4) is 0 Å². The van der Waals surface area contributed by atoms with Gasteiger partial charge in [-0.3, -0.25) is 9.59 Å². The van der Waals surface area contributed by atoms with Crippen molar-refractivity contribution in [2.24, 2.45) is 0 Å². The van der Waals surface area contributed by atoms with Gasteiger partial charge in [0.05, 0.1) is 0 Å². The van der Waals surface area contributed by atoms with Crippen molar-refractivity contribution in [3.05, 3.63) is 71.8 Å². The maximum absolute atomic E-state index is 12.8. The van der Waals surface area contributed by atoms with E-state index in [0.29, 0.717) is 24.0 Å². The largest absolute Gasteiger partial charge is 0.447 e. The molecule has 1 aliphatic rings. The minimum Gasteiger partial charge on any atom is -0.447 e. The third-order valence-corrected chi connectivity index (χ3v) is 3.91. The van der Waals surface area contributed by atoms with Crippen LogP contribution in [0, 0.1) is 0 Å². The van der Waals surface area contributed by atoms with Crippen LogP contribution in [-0.4, -0.2) is 23.7 Å². The quantitative estimate of drug-likeness (QED) is 0.677. The minimum atomic E-state index is -1.03. The van der Waals surface area contributed by atoms with Crippen LogP contribution in [0.15, 0.2) is 60.7 Å². The first-order valence-corrected chi connectivity index (χ1v) is 7.79. The molecule has 1 fully saturated rings. The summed E-state index contributed by atoms with van der Waals surface area (Å²) in [6, 6.07) is 16.9. The van der Waals surface area contributed by atoms with Crippen LogP contribution in [0.25, 0.3) is 0 Å². The van der Waals surface area contributed by atoms with Gasteiger partial charge in [-0.1, -0.05) is 60.7 Å². The fraction of sp³-hybridized carbons (Fsp3) is 0.211. The summed E-state index contributed by atoms with van der Waals surface area (Å²) in [4.78, 5) is 36.4. The average molecular weight is 323 g/mol. The lowest BCUT2D eigenvalue weighted by molar-refractivity contribution is -0.150. The van der Waals surface area contributed by atoms with Crippen LogP contribution in [-0.2, 0) is 14.3 Å². The highest BCUT2D eigenvalue weighted by molar-refractivity contribution is 6.01. The van der Waals surface area contributed by atoms with E-state index in [-0.39, 0.29) is 11.7 Å². The monoisotopic (exact) mass is 323 g/mol. The van der Waals surface area contributed by atoms with Gasteiger partial charge in [0, 0.05) is 17.5 Å². The Kier molecular flexibility index (Phi) is 4.70. The first-order valence-electron chi connectivity index (χ1n) is 7.79. The highest BCUT2D eigenvalue weighted by Crippen LogP contribution is 2.24. The molecule has 2 atom stereocenters. The molecule has 1 amide bonds. The van der Waals surface area contributed by atoms with Gasteiger partial charge >= 0.3 is 5.97 Å². The number of nitrogens with one attached hydrogen (secondary N) is 1. The molecular formula is C19H17NO4. The second kappa shape index (κ2) is 7.08. The Morgan fingerprint density at radius 2 is 1.62 bits per heavy atom. The number of Topliss-reactive ketones (excluding diaryl/α,β-unsaturated/α-hetero) is 1. The molecule has 2 unspecified atom stereocenters. The molecule has 2 aromatic carbocycles. The molecule has 2 aromatic rings. The van der Waals surface area contributed by atoms with Crippen molar-refractivity contribution in [1.82, 2.24) is 5.32 Å². The zero-order valence-corrected chi connectivity index (χ0v) is 13.0. The maximum Gasteiger partial charge on any atom is 0.329 e. The van der Waals surface area contributed by atoms with E-state index in [2.05, 4.69) is 5.32 Å². The summed E-state index contributed by atoms with van der Waals surface area (Å²) in [5.41, 5.74) is 1.07. The number of carbonyl (C=O) groups excluding carboxylic acids is 3. The molecule has 0 spiro atoms. The predicted molar refractivity (Wildman–Crippen MR) is 87.2 cm³/mol. The standard InChI is InChI=1S/C19H17NO4/c21-16-12-11-15(20-16)19(23)24-18(14-9-5-2-6-10-14)17(22)13-7-3-1-4-8-13/h1-10,15,18H,11-12H2,(H,20,21). The molecule has 3 rings (SSSR count). The van der Waals surface area contributed by atoms with Gasteiger partial charge in [-0.2, -0.15) is 0 Å². The second-order valence-electron chi connectivity index (χ2n) is 5.62. The molecule has 0 aromatic heterocycles. The van der Waals surface area contributed by atoms with Crippen LogP contribution < -0.4 is 5.32 Å². The normalized spacial score (nSPS) is 17.8. The number of benzene rings is 2. The Balaban J connectivity index is 1.84. The van der Waals surface area contributed by atoms with E-state index in [9.17, 15) is 14.4 Å². The summed E-state index contributed by atoms with van der Waals surface area (Å²) in [6.45, 7) is 0. The summed E-state index contributed by atoms with van der Waals surface area (Å²) in [5, 5.41) is 2.56. The van der Waals surface area contributed by atoms with Gasteiger partial charge in [-0.15, -0.1) is 0 Å². The summed E-state index contributed by atoms with van der Waals surface area (Å²) in [7, 11) is 0. The molecule has 1 heterocycles. The predicted octanol–water partition coefficient (Wildman–Crippen LogP) is 2.43. The Bertz CT molecular complexity index is 742. The van der Waals surface area contributed by atoms with Gasteiger partial charge in [-0.05, 0) is 6.42 Å². The molecule has 0 aliphatic carbocycles. The highest BCUT2D eigenvalue weighted by atomic mass is 16.5. The lowest BCUT2D eigenvalue weighted by atomic mass is 10.00. The fourth-order valence-corrected chi connectivity index (χ4v) is 2.64. The van der Waals surface area contributed by atoms with E-state index < -0.39 is 18.1 Å². The molecule has 5 heteroatoms. The van der Waals surface area contributed by atoms with E-state index in [1.54, 1.807) is 48.5 Å².